The van der Waals surface area contributed by atoms with Gasteiger partial charge in [-0.1, -0.05) is 0 Å². The van der Waals surface area contributed by atoms with Gasteiger partial charge in [-0.25, -0.2) is 4.79 Å². The van der Waals surface area contributed by atoms with Gasteiger partial charge in [-0.15, -0.1) is 10.2 Å². The Bertz CT molecular complexity index is 548. The second kappa shape index (κ2) is 4.87. The van der Waals surface area contributed by atoms with Crippen molar-refractivity contribution in [1.82, 2.24) is 10.2 Å². The molecule has 0 amide bonds. The van der Waals surface area contributed by atoms with Crippen LogP contribution < -0.4 is 4.90 Å². The van der Waals surface area contributed by atoms with Crippen molar-refractivity contribution in [3.8, 4) is 0 Å². The van der Waals surface area contributed by atoms with Gasteiger partial charge in [0.15, 0.2) is 11.5 Å². The summed E-state index contributed by atoms with van der Waals surface area (Å²) in [5.74, 6) is 0.357. The van der Waals surface area contributed by atoms with Gasteiger partial charge in [-0.2, -0.15) is 0 Å². The second-order valence-corrected chi connectivity index (χ2v) is 3.96. The summed E-state index contributed by atoms with van der Waals surface area (Å²) in [6, 6.07) is 4.94. The molecule has 0 aliphatic rings. The number of furan rings is 1. The van der Waals surface area contributed by atoms with Crippen molar-refractivity contribution in [1.29, 1.82) is 0 Å². The highest BCUT2D eigenvalue weighted by molar-refractivity contribution is 5.85. The van der Waals surface area contributed by atoms with E-state index in [1.165, 1.54) is 6.07 Å². The Hall–Kier alpha value is -2.37. The first-order chi connectivity index (χ1) is 8.58. The topological polar surface area (TPSA) is 79.5 Å². The summed E-state index contributed by atoms with van der Waals surface area (Å²) < 4.78 is 5.33. The Morgan fingerprint density at radius 1 is 1.39 bits per heavy atom. The number of anilines is 1. The average Bonchev–Trinajstić information content (AvgIpc) is 2.75. The molecule has 0 aliphatic heterocycles. The minimum atomic E-state index is -1.08. The summed E-state index contributed by atoms with van der Waals surface area (Å²) in [6.45, 7) is 2.52. The highest BCUT2D eigenvalue weighted by Crippen LogP contribution is 2.15. The molecule has 2 rings (SSSR count). The molecule has 0 spiro atoms. The molecule has 2 aromatic heterocycles. The van der Waals surface area contributed by atoms with Gasteiger partial charge in [0.1, 0.15) is 5.76 Å². The zero-order valence-corrected chi connectivity index (χ0v) is 10.1. The van der Waals surface area contributed by atoms with Gasteiger partial charge in [0.2, 0.25) is 0 Å². The van der Waals surface area contributed by atoms with Crippen LogP contribution in [-0.2, 0) is 6.54 Å². The lowest BCUT2D eigenvalue weighted by Crippen LogP contribution is -2.18. The first-order valence-corrected chi connectivity index (χ1v) is 5.39. The van der Waals surface area contributed by atoms with E-state index in [1.807, 2.05) is 24.9 Å². The molecule has 0 aromatic carbocycles. The van der Waals surface area contributed by atoms with E-state index in [9.17, 15) is 4.79 Å². The lowest BCUT2D eigenvalue weighted by atomic mass is 10.2. The van der Waals surface area contributed by atoms with Gasteiger partial charge < -0.3 is 14.4 Å². The monoisotopic (exact) mass is 247 g/mol. The minimum absolute atomic E-state index is 0.0682. The molecule has 0 atom stereocenters. The normalized spacial score (nSPS) is 10.3. The summed E-state index contributed by atoms with van der Waals surface area (Å²) in [6.07, 6.45) is 1.64. The van der Waals surface area contributed by atoms with E-state index in [2.05, 4.69) is 10.2 Å². The number of nitrogens with zero attached hydrogens (tertiary/aromatic N) is 3. The van der Waals surface area contributed by atoms with Crippen molar-refractivity contribution in [2.75, 3.05) is 11.9 Å². The number of aromatic nitrogens is 2. The molecule has 0 bridgehead atoms. The molecule has 2 heterocycles. The Morgan fingerprint density at radius 3 is 2.67 bits per heavy atom. The Balaban J connectivity index is 2.12. The van der Waals surface area contributed by atoms with Crippen LogP contribution in [0.1, 0.15) is 21.8 Å². The van der Waals surface area contributed by atoms with Gasteiger partial charge in [0, 0.05) is 7.05 Å². The molecule has 2 aromatic rings. The van der Waals surface area contributed by atoms with Gasteiger partial charge in [0.25, 0.3) is 0 Å². The Kier molecular flexibility index (Phi) is 3.27. The third-order valence-corrected chi connectivity index (χ3v) is 2.61. The quantitative estimate of drug-likeness (QED) is 0.886. The van der Waals surface area contributed by atoms with Crippen LogP contribution in [0.5, 0.6) is 0 Å². The maximum absolute atomic E-state index is 10.7. The van der Waals surface area contributed by atoms with Crippen molar-refractivity contribution in [3.05, 3.63) is 41.5 Å². The summed E-state index contributed by atoms with van der Waals surface area (Å²) in [7, 11) is 1.84. The van der Waals surface area contributed by atoms with Gasteiger partial charge in [0.05, 0.1) is 12.8 Å². The second-order valence-electron chi connectivity index (χ2n) is 3.96. The number of hydrogen-bond acceptors (Lipinski definition) is 5. The van der Waals surface area contributed by atoms with E-state index in [0.29, 0.717) is 12.4 Å². The van der Waals surface area contributed by atoms with Crippen molar-refractivity contribution in [2.24, 2.45) is 0 Å². The molecule has 6 nitrogen and oxygen atoms in total. The SMILES string of the molecule is Cc1ccoc1CN(C)c1ccc(C(=O)O)nn1. The van der Waals surface area contributed by atoms with Crippen LogP contribution in [0, 0.1) is 6.92 Å². The zero-order valence-electron chi connectivity index (χ0n) is 10.1. The fraction of sp³-hybridized carbons (Fsp3) is 0.250. The molecule has 0 aliphatic carbocycles. The number of hydrogen-bond donors (Lipinski definition) is 1. The highest BCUT2D eigenvalue weighted by Gasteiger charge is 2.10. The number of aromatic carboxylic acids is 1. The number of carboxylic acids is 1. The first-order valence-electron chi connectivity index (χ1n) is 5.39. The number of aryl methyl sites for hydroxylation is 1. The van der Waals surface area contributed by atoms with Crippen molar-refractivity contribution in [3.63, 3.8) is 0 Å². The minimum Gasteiger partial charge on any atom is -0.476 e. The van der Waals surface area contributed by atoms with E-state index in [4.69, 9.17) is 9.52 Å². The maximum Gasteiger partial charge on any atom is 0.356 e. The van der Waals surface area contributed by atoms with E-state index < -0.39 is 5.97 Å². The molecule has 0 saturated carbocycles. The number of carboxylic acid groups (broad SMARTS) is 1. The average molecular weight is 247 g/mol. The fourth-order valence-corrected chi connectivity index (χ4v) is 1.51. The molecule has 0 fully saturated rings. The van der Waals surface area contributed by atoms with E-state index in [-0.39, 0.29) is 5.69 Å². The van der Waals surface area contributed by atoms with E-state index >= 15 is 0 Å². The predicted molar refractivity (Wildman–Crippen MR) is 64.5 cm³/mol. The van der Waals surface area contributed by atoms with Gasteiger partial charge in [-0.05, 0) is 30.7 Å². The Morgan fingerprint density at radius 2 is 2.17 bits per heavy atom. The molecular weight excluding hydrogens is 234 g/mol. The highest BCUT2D eigenvalue weighted by atomic mass is 16.4. The Labute approximate surface area is 104 Å². The van der Waals surface area contributed by atoms with E-state index in [0.717, 1.165) is 11.3 Å². The molecule has 0 unspecified atom stereocenters. The van der Waals surface area contributed by atoms with Gasteiger partial charge in [-0.3, -0.25) is 0 Å². The zero-order chi connectivity index (χ0) is 13.1. The molecular formula is C12H13N3O3. The molecule has 0 saturated heterocycles. The van der Waals surface area contributed by atoms with Crippen molar-refractivity contribution < 1.29 is 14.3 Å². The van der Waals surface area contributed by atoms with Crippen LogP contribution in [0.4, 0.5) is 5.82 Å². The summed E-state index contributed by atoms with van der Waals surface area (Å²) >= 11 is 0. The summed E-state index contributed by atoms with van der Waals surface area (Å²) in [5, 5.41) is 16.2. The van der Waals surface area contributed by atoms with Crippen molar-refractivity contribution in [2.45, 2.75) is 13.5 Å². The summed E-state index contributed by atoms with van der Waals surface area (Å²) in [5.41, 5.74) is 0.998. The van der Waals surface area contributed by atoms with Crippen LogP contribution in [-0.4, -0.2) is 28.3 Å². The number of carbonyl (C=O) groups is 1. The lowest BCUT2D eigenvalue weighted by molar-refractivity contribution is 0.0689. The molecule has 94 valence electrons. The molecule has 1 N–H and O–H groups in total. The smallest absolute Gasteiger partial charge is 0.356 e. The third kappa shape index (κ3) is 2.48. The fourth-order valence-electron chi connectivity index (χ4n) is 1.51. The summed E-state index contributed by atoms with van der Waals surface area (Å²) in [4.78, 5) is 12.5. The first kappa shape index (κ1) is 12.1. The lowest BCUT2D eigenvalue weighted by Gasteiger charge is -2.16. The van der Waals surface area contributed by atoms with Crippen molar-refractivity contribution >= 4 is 11.8 Å². The number of rotatable bonds is 4. The van der Waals surface area contributed by atoms with E-state index in [1.54, 1.807) is 12.3 Å². The standard InChI is InChI=1S/C12H13N3O3/c1-8-5-6-18-10(8)7-15(2)11-4-3-9(12(16)17)13-14-11/h3-6H,7H2,1-2H3,(H,16,17). The van der Waals surface area contributed by atoms with Crippen LogP contribution in [0.25, 0.3) is 0 Å². The van der Waals surface area contributed by atoms with Crippen LogP contribution in [0.3, 0.4) is 0 Å². The van der Waals surface area contributed by atoms with Gasteiger partial charge >= 0.3 is 5.97 Å². The maximum atomic E-state index is 10.7. The third-order valence-electron chi connectivity index (χ3n) is 2.61. The van der Waals surface area contributed by atoms with Crippen LogP contribution >= 0.6 is 0 Å². The molecule has 18 heavy (non-hydrogen) atoms. The molecule has 0 radical (unpaired) electrons. The molecule has 6 heteroatoms. The van der Waals surface area contributed by atoms with Crippen LogP contribution in [0.2, 0.25) is 0 Å². The van der Waals surface area contributed by atoms with Crippen LogP contribution in [0.15, 0.2) is 28.9 Å². The predicted octanol–water partition coefficient (Wildman–Crippen LogP) is 1.71. The largest absolute Gasteiger partial charge is 0.476 e.